The van der Waals surface area contributed by atoms with Crippen molar-refractivity contribution in [1.82, 2.24) is 9.97 Å². The van der Waals surface area contributed by atoms with Crippen LogP contribution in [0.25, 0.3) is 11.3 Å². The fourth-order valence-corrected chi connectivity index (χ4v) is 2.85. The van der Waals surface area contributed by atoms with Gasteiger partial charge in [-0.1, -0.05) is 30.3 Å². The molecule has 2 aromatic rings. The van der Waals surface area contributed by atoms with E-state index in [2.05, 4.69) is 56.3 Å². The highest BCUT2D eigenvalue weighted by molar-refractivity contribution is 14.1. The van der Waals surface area contributed by atoms with Crippen LogP contribution < -0.4 is 5.32 Å². The first-order valence-corrected chi connectivity index (χ1v) is 8.02. The Balaban J connectivity index is 2.55. The summed E-state index contributed by atoms with van der Waals surface area (Å²) in [7, 11) is 1.89. The lowest BCUT2D eigenvalue weighted by Crippen LogP contribution is -2.04. The highest BCUT2D eigenvalue weighted by atomic mass is 127. The standard InChI is InChI=1S/C13H14IN3S/c1-15-13-11(14)12(9-6-4-3-5-7-9)16-10(17-13)8-18-2/h3-7H,8H2,1-2H3,(H,15,16,17). The van der Waals surface area contributed by atoms with Crippen molar-refractivity contribution in [3.63, 3.8) is 0 Å². The zero-order valence-electron chi connectivity index (χ0n) is 10.3. The molecule has 2 rings (SSSR count). The molecular formula is C13H14IN3S. The highest BCUT2D eigenvalue weighted by Gasteiger charge is 2.12. The van der Waals surface area contributed by atoms with Crippen molar-refractivity contribution in [1.29, 1.82) is 0 Å². The van der Waals surface area contributed by atoms with E-state index < -0.39 is 0 Å². The normalized spacial score (nSPS) is 10.4. The topological polar surface area (TPSA) is 37.8 Å². The average Bonchev–Trinajstić information content (AvgIpc) is 2.42. The first-order valence-electron chi connectivity index (χ1n) is 5.54. The number of benzene rings is 1. The summed E-state index contributed by atoms with van der Waals surface area (Å²) in [5, 5.41) is 3.14. The molecule has 0 radical (unpaired) electrons. The van der Waals surface area contributed by atoms with Gasteiger partial charge < -0.3 is 5.32 Å². The van der Waals surface area contributed by atoms with Crippen LogP contribution in [0.5, 0.6) is 0 Å². The summed E-state index contributed by atoms with van der Waals surface area (Å²) < 4.78 is 1.06. The second-order valence-electron chi connectivity index (χ2n) is 3.70. The lowest BCUT2D eigenvalue weighted by atomic mass is 10.1. The Kier molecular flexibility index (Phi) is 4.82. The summed E-state index contributed by atoms with van der Waals surface area (Å²) >= 11 is 4.02. The van der Waals surface area contributed by atoms with E-state index >= 15 is 0 Å². The molecule has 0 saturated carbocycles. The molecule has 0 fully saturated rings. The van der Waals surface area contributed by atoms with Crippen molar-refractivity contribution in [3.8, 4) is 11.3 Å². The molecule has 1 N–H and O–H groups in total. The molecule has 0 atom stereocenters. The molecule has 0 aliphatic carbocycles. The third kappa shape index (κ3) is 2.95. The van der Waals surface area contributed by atoms with Crippen LogP contribution in [0, 0.1) is 3.57 Å². The summed E-state index contributed by atoms with van der Waals surface area (Å²) in [5.74, 6) is 2.59. The third-order valence-corrected chi connectivity index (χ3v) is 4.02. The van der Waals surface area contributed by atoms with Crippen molar-refractivity contribution >= 4 is 40.2 Å². The number of hydrogen-bond acceptors (Lipinski definition) is 4. The van der Waals surface area contributed by atoms with Gasteiger partial charge in [-0.25, -0.2) is 9.97 Å². The van der Waals surface area contributed by atoms with E-state index in [1.807, 2.05) is 25.2 Å². The van der Waals surface area contributed by atoms with E-state index in [9.17, 15) is 0 Å². The number of aromatic nitrogens is 2. The van der Waals surface area contributed by atoms with Crippen LogP contribution in [-0.4, -0.2) is 23.3 Å². The van der Waals surface area contributed by atoms with E-state index in [-0.39, 0.29) is 0 Å². The van der Waals surface area contributed by atoms with Crippen LogP contribution >= 0.6 is 34.4 Å². The largest absolute Gasteiger partial charge is 0.372 e. The summed E-state index contributed by atoms with van der Waals surface area (Å²) in [4.78, 5) is 9.18. The second-order valence-corrected chi connectivity index (χ2v) is 5.64. The van der Waals surface area contributed by atoms with Crippen molar-refractivity contribution in [3.05, 3.63) is 39.7 Å². The molecule has 18 heavy (non-hydrogen) atoms. The molecule has 0 amide bonds. The minimum Gasteiger partial charge on any atom is -0.372 e. The van der Waals surface area contributed by atoms with Gasteiger partial charge in [0.05, 0.1) is 15.0 Å². The van der Waals surface area contributed by atoms with Crippen LogP contribution in [0.4, 0.5) is 5.82 Å². The molecule has 1 heterocycles. The van der Waals surface area contributed by atoms with E-state index in [0.29, 0.717) is 0 Å². The van der Waals surface area contributed by atoms with Crippen LogP contribution in [0.15, 0.2) is 30.3 Å². The summed E-state index contributed by atoms with van der Waals surface area (Å²) in [5.41, 5.74) is 2.13. The Morgan fingerprint density at radius 1 is 1.22 bits per heavy atom. The molecule has 5 heteroatoms. The molecule has 94 valence electrons. The predicted molar refractivity (Wildman–Crippen MR) is 87.0 cm³/mol. The van der Waals surface area contributed by atoms with Gasteiger partial charge in [0.15, 0.2) is 0 Å². The fraction of sp³-hybridized carbons (Fsp3) is 0.231. The maximum atomic E-state index is 4.66. The first-order chi connectivity index (χ1) is 8.76. The van der Waals surface area contributed by atoms with E-state index in [0.717, 1.165) is 32.2 Å². The number of halogens is 1. The van der Waals surface area contributed by atoms with E-state index in [1.54, 1.807) is 11.8 Å². The number of anilines is 1. The van der Waals surface area contributed by atoms with Gasteiger partial charge in [0, 0.05) is 12.6 Å². The quantitative estimate of drug-likeness (QED) is 0.833. The van der Waals surface area contributed by atoms with Gasteiger partial charge in [-0.15, -0.1) is 0 Å². The Hall–Kier alpha value is -0.820. The SMILES string of the molecule is CNc1nc(CSC)nc(-c2ccccc2)c1I. The monoisotopic (exact) mass is 371 g/mol. The van der Waals surface area contributed by atoms with Gasteiger partial charge >= 0.3 is 0 Å². The Bertz CT molecular complexity index is 531. The number of nitrogens with one attached hydrogen (secondary N) is 1. The molecule has 0 spiro atoms. The van der Waals surface area contributed by atoms with Crippen molar-refractivity contribution in [2.24, 2.45) is 0 Å². The molecular weight excluding hydrogens is 357 g/mol. The predicted octanol–water partition coefficient (Wildman–Crippen LogP) is 3.65. The third-order valence-electron chi connectivity index (χ3n) is 2.45. The van der Waals surface area contributed by atoms with Gasteiger partial charge in [-0.3, -0.25) is 0 Å². The summed E-state index contributed by atoms with van der Waals surface area (Å²) in [6.07, 6.45) is 2.06. The molecule has 1 aromatic carbocycles. The molecule has 0 bridgehead atoms. The Morgan fingerprint density at radius 3 is 2.56 bits per heavy atom. The smallest absolute Gasteiger partial charge is 0.143 e. The van der Waals surface area contributed by atoms with Gasteiger partial charge in [-0.05, 0) is 28.8 Å². The lowest BCUT2D eigenvalue weighted by Gasteiger charge is -2.10. The Labute approximate surface area is 125 Å². The first kappa shape index (κ1) is 13.6. The number of rotatable bonds is 4. The van der Waals surface area contributed by atoms with Crippen molar-refractivity contribution in [2.75, 3.05) is 18.6 Å². The van der Waals surface area contributed by atoms with Crippen LogP contribution in [0.2, 0.25) is 0 Å². The zero-order valence-corrected chi connectivity index (χ0v) is 13.2. The van der Waals surface area contributed by atoms with Gasteiger partial charge in [0.1, 0.15) is 11.6 Å². The van der Waals surface area contributed by atoms with Gasteiger partial charge in [0.25, 0.3) is 0 Å². The van der Waals surface area contributed by atoms with Crippen LogP contribution in [0.3, 0.4) is 0 Å². The van der Waals surface area contributed by atoms with Crippen LogP contribution in [-0.2, 0) is 5.75 Å². The molecule has 0 saturated heterocycles. The fourth-order valence-electron chi connectivity index (χ4n) is 1.64. The molecule has 0 aliphatic rings. The second kappa shape index (κ2) is 6.38. The van der Waals surface area contributed by atoms with Crippen LogP contribution in [0.1, 0.15) is 5.82 Å². The minimum absolute atomic E-state index is 0.825. The minimum atomic E-state index is 0.825. The lowest BCUT2D eigenvalue weighted by molar-refractivity contribution is 1.03. The number of thioether (sulfide) groups is 1. The maximum absolute atomic E-state index is 4.66. The Morgan fingerprint density at radius 2 is 1.94 bits per heavy atom. The highest BCUT2D eigenvalue weighted by Crippen LogP contribution is 2.28. The van der Waals surface area contributed by atoms with Crippen molar-refractivity contribution < 1.29 is 0 Å². The number of nitrogens with zero attached hydrogens (tertiary/aromatic N) is 2. The summed E-state index contributed by atoms with van der Waals surface area (Å²) in [6, 6.07) is 10.2. The maximum Gasteiger partial charge on any atom is 0.143 e. The molecule has 1 aromatic heterocycles. The van der Waals surface area contributed by atoms with Gasteiger partial charge in [0.2, 0.25) is 0 Å². The van der Waals surface area contributed by atoms with Gasteiger partial charge in [-0.2, -0.15) is 11.8 Å². The molecule has 0 aliphatic heterocycles. The average molecular weight is 371 g/mol. The van der Waals surface area contributed by atoms with E-state index in [1.165, 1.54) is 0 Å². The summed E-state index contributed by atoms with van der Waals surface area (Å²) in [6.45, 7) is 0. The molecule has 0 unspecified atom stereocenters. The van der Waals surface area contributed by atoms with Crippen molar-refractivity contribution in [2.45, 2.75) is 5.75 Å². The zero-order chi connectivity index (χ0) is 13.0. The number of hydrogen-bond donors (Lipinski definition) is 1. The molecule has 3 nitrogen and oxygen atoms in total. The van der Waals surface area contributed by atoms with E-state index in [4.69, 9.17) is 0 Å².